The maximum atomic E-state index is 6.58. The van der Waals surface area contributed by atoms with Gasteiger partial charge in [-0.05, 0) is 86.0 Å². The van der Waals surface area contributed by atoms with Gasteiger partial charge in [0, 0.05) is 27.5 Å². The molecular weight excluding hydrogens is 743 g/mol. The molecule has 0 saturated heterocycles. The molecule has 0 unspecified atom stereocenters. The van der Waals surface area contributed by atoms with Crippen LogP contribution in [-0.2, 0) is 0 Å². The molecule has 61 heavy (non-hydrogen) atoms. The molecule has 0 aliphatic heterocycles. The predicted octanol–water partition coefficient (Wildman–Crippen LogP) is 15.1. The molecule has 0 spiro atoms. The highest BCUT2D eigenvalue weighted by molar-refractivity contribution is 6.13. The van der Waals surface area contributed by atoms with E-state index in [1.54, 1.807) is 0 Å². The van der Waals surface area contributed by atoms with Crippen LogP contribution in [0.15, 0.2) is 229 Å². The molecule has 0 aliphatic rings. The summed E-state index contributed by atoms with van der Waals surface area (Å²) in [7, 11) is 0. The lowest BCUT2D eigenvalue weighted by Gasteiger charge is -2.10. The number of nitrogens with zero attached hydrogens (tertiary/aromatic N) is 3. The molecule has 0 atom stereocenters. The minimum absolute atomic E-state index is 0.580. The molecular formula is C57H37N3O. The fourth-order valence-electron chi connectivity index (χ4n) is 8.23. The molecule has 286 valence electrons. The van der Waals surface area contributed by atoms with E-state index in [1.165, 1.54) is 33.4 Å². The summed E-state index contributed by atoms with van der Waals surface area (Å²) in [5.41, 5.74) is 15.9. The lowest BCUT2D eigenvalue weighted by atomic mass is 9.95. The summed E-state index contributed by atoms with van der Waals surface area (Å²) in [6.07, 6.45) is 0. The van der Waals surface area contributed by atoms with Gasteiger partial charge in [-0.2, -0.15) is 0 Å². The highest BCUT2D eigenvalue weighted by atomic mass is 16.3. The Bertz CT molecular complexity index is 3320. The van der Waals surface area contributed by atoms with Gasteiger partial charge in [0.25, 0.3) is 0 Å². The second-order valence-electron chi connectivity index (χ2n) is 15.2. The first-order valence-corrected chi connectivity index (χ1v) is 20.5. The highest BCUT2D eigenvalue weighted by Gasteiger charge is 2.17. The maximum absolute atomic E-state index is 6.58. The van der Waals surface area contributed by atoms with Crippen molar-refractivity contribution in [2.24, 2.45) is 0 Å². The Morgan fingerprint density at radius 3 is 1.20 bits per heavy atom. The van der Waals surface area contributed by atoms with E-state index >= 15 is 0 Å². The molecule has 0 fully saturated rings. The van der Waals surface area contributed by atoms with Gasteiger partial charge in [0.15, 0.2) is 17.5 Å². The van der Waals surface area contributed by atoms with E-state index in [1.807, 2.05) is 42.5 Å². The van der Waals surface area contributed by atoms with E-state index in [9.17, 15) is 0 Å². The zero-order valence-electron chi connectivity index (χ0n) is 33.1. The zero-order valence-corrected chi connectivity index (χ0v) is 33.1. The van der Waals surface area contributed by atoms with Crippen molar-refractivity contribution in [1.29, 1.82) is 0 Å². The lowest BCUT2D eigenvalue weighted by molar-refractivity contribution is 0.669. The molecule has 2 heterocycles. The number of benzene rings is 9. The smallest absolute Gasteiger partial charge is 0.164 e. The summed E-state index contributed by atoms with van der Waals surface area (Å²) in [5.74, 6) is 1.80. The average Bonchev–Trinajstić information content (AvgIpc) is 3.73. The van der Waals surface area contributed by atoms with Crippen molar-refractivity contribution in [3.63, 3.8) is 0 Å². The molecule has 4 heteroatoms. The predicted molar refractivity (Wildman–Crippen MR) is 251 cm³/mol. The Morgan fingerprint density at radius 1 is 0.246 bits per heavy atom. The number of hydrogen-bond acceptors (Lipinski definition) is 4. The number of fused-ring (bicyclic) bond motifs is 3. The normalized spacial score (nSPS) is 11.3. The van der Waals surface area contributed by atoms with Gasteiger partial charge in [-0.15, -0.1) is 0 Å². The average molecular weight is 780 g/mol. The largest absolute Gasteiger partial charge is 0.456 e. The van der Waals surface area contributed by atoms with Crippen molar-refractivity contribution in [3.8, 4) is 89.8 Å². The first kappa shape index (κ1) is 35.9. The molecule has 0 amide bonds. The number of rotatable bonds is 8. The van der Waals surface area contributed by atoms with Crippen LogP contribution in [0.25, 0.3) is 112 Å². The Hall–Kier alpha value is -8.21. The summed E-state index contributed by atoms with van der Waals surface area (Å²) in [6, 6.07) is 78.3. The Kier molecular flexibility index (Phi) is 9.14. The Labute approximate surface area is 354 Å². The maximum Gasteiger partial charge on any atom is 0.164 e. The van der Waals surface area contributed by atoms with Crippen molar-refractivity contribution in [2.75, 3.05) is 0 Å². The third kappa shape index (κ3) is 7.07. The molecule has 11 aromatic rings. The van der Waals surface area contributed by atoms with Crippen LogP contribution in [-0.4, -0.2) is 15.0 Å². The first-order valence-electron chi connectivity index (χ1n) is 20.5. The van der Waals surface area contributed by atoms with Crippen LogP contribution in [0, 0.1) is 0 Å². The van der Waals surface area contributed by atoms with Gasteiger partial charge < -0.3 is 4.42 Å². The summed E-state index contributed by atoms with van der Waals surface area (Å²) < 4.78 is 6.58. The molecule has 2 aromatic heterocycles. The van der Waals surface area contributed by atoms with Gasteiger partial charge in [-0.3, -0.25) is 0 Å². The topological polar surface area (TPSA) is 51.8 Å². The third-order valence-electron chi connectivity index (χ3n) is 11.4. The highest BCUT2D eigenvalue weighted by Crippen LogP contribution is 2.39. The van der Waals surface area contributed by atoms with Crippen LogP contribution in [0.4, 0.5) is 0 Å². The quantitative estimate of drug-likeness (QED) is 0.154. The van der Waals surface area contributed by atoms with E-state index in [0.29, 0.717) is 17.5 Å². The van der Waals surface area contributed by atoms with Crippen LogP contribution in [0.5, 0.6) is 0 Å². The first-order chi connectivity index (χ1) is 30.2. The second kappa shape index (κ2) is 15.5. The number of aromatic nitrogens is 3. The monoisotopic (exact) mass is 779 g/mol. The molecule has 0 bridgehead atoms. The number of furan rings is 1. The summed E-state index contributed by atoms with van der Waals surface area (Å²) in [4.78, 5) is 15.2. The fraction of sp³-hybridized carbons (Fsp3) is 0. The van der Waals surface area contributed by atoms with Crippen molar-refractivity contribution >= 4 is 21.9 Å². The molecule has 11 rings (SSSR count). The van der Waals surface area contributed by atoms with Gasteiger partial charge in [0.05, 0.1) is 0 Å². The number of hydrogen-bond donors (Lipinski definition) is 0. The van der Waals surface area contributed by atoms with Crippen LogP contribution in [0.1, 0.15) is 0 Å². The van der Waals surface area contributed by atoms with Crippen molar-refractivity contribution in [1.82, 2.24) is 15.0 Å². The molecule has 0 N–H and O–H groups in total. The van der Waals surface area contributed by atoms with Crippen molar-refractivity contribution < 1.29 is 4.42 Å². The SMILES string of the molecule is c1ccc(-c2ccc(-c3cccc(-c4nc(-c5ccccc5)nc(-c5ccc6c(c5)oc5cccc(-c7ccc(-c8cccc(-c9ccccc9)c8)cc7)c56)n4)c3)cc2)cc1. The summed E-state index contributed by atoms with van der Waals surface area (Å²) in [5, 5.41) is 2.12. The van der Waals surface area contributed by atoms with Gasteiger partial charge in [0.1, 0.15) is 11.2 Å². The molecule has 9 aromatic carbocycles. The van der Waals surface area contributed by atoms with E-state index in [0.717, 1.165) is 60.9 Å². The van der Waals surface area contributed by atoms with Crippen molar-refractivity contribution in [3.05, 3.63) is 224 Å². The molecule has 4 nitrogen and oxygen atoms in total. The lowest BCUT2D eigenvalue weighted by Crippen LogP contribution is -2.00. The second-order valence-corrected chi connectivity index (χ2v) is 15.2. The van der Waals surface area contributed by atoms with E-state index in [-0.39, 0.29) is 0 Å². The zero-order chi connectivity index (χ0) is 40.5. The summed E-state index contributed by atoms with van der Waals surface area (Å²) >= 11 is 0. The molecule has 0 saturated carbocycles. The fourth-order valence-corrected chi connectivity index (χ4v) is 8.23. The van der Waals surface area contributed by atoms with Gasteiger partial charge in [-0.1, -0.05) is 194 Å². The molecule has 0 aliphatic carbocycles. The Balaban J connectivity index is 0.944. The van der Waals surface area contributed by atoms with Gasteiger partial charge >= 0.3 is 0 Å². The Morgan fingerprint density at radius 2 is 0.623 bits per heavy atom. The van der Waals surface area contributed by atoms with Crippen LogP contribution >= 0.6 is 0 Å². The van der Waals surface area contributed by atoms with E-state index in [2.05, 4.69) is 182 Å². The van der Waals surface area contributed by atoms with Crippen LogP contribution in [0.2, 0.25) is 0 Å². The minimum atomic E-state index is 0.580. The van der Waals surface area contributed by atoms with Crippen LogP contribution < -0.4 is 0 Å². The van der Waals surface area contributed by atoms with Crippen molar-refractivity contribution in [2.45, 2.75) is 0 Å². The standard InChI is InChI=1S/C57H37N3O/c1-4-13-38(14-5-1)40-25-27-41(28-26-40)47-21-11-22-48(36-47)56-58-55(44-17-8-3-9-18-44)59-57(60-56)49-33-34-51-53(37-49)61-52-24-12-23-50(54(51)52)43-31-29-42(30-32-43)46-20-10-19-45(35-46)39-15-6-2-7-16-39/h1-37H. The van der Waals surface area contributed by atoms with Gasteiger partial charge in [-0.25, -0.2) is 15.0 Å². The van der Waals surface area contributed by atoms with Gasteiger partial charge in [0.2, 0.25) is 0 Å². The third-order valence-corrected chi connectivity index (χ3v) is 11.4. The van der Waals surface area contributed by atoms with Crippen LogP contribution in [0.3, 0.4) is 0 Å². The summed E-state index contributed by atoms with van der Waals surface area (Å²) in [6.45, 7) is 0. The molecule has 0 radical (unpaired) electrons. The minimum Gasteiger partial charge on any atom is -0.456 e. The van der Waals surface area contributed by atoms with E-state index < -0.39 is 0 Å². The van der Waals surface area contributed by atoms with E-state index in [4.69, 9.17) is 19.4 Å².